The smallest absolute Gasteiger partial charge is 0.276 e. The van der Waals surface area contributed by atoms with Crippen LogP contribution in [0.2, 0.25) is 0 Å². The van der Waals surface area contributed by atoms with Crippen LogP contribution in [0.15, 0.2) is 18.2 Å². The Bertz CT molecular complexity index is 311. The molecule has 1 rings (SSSR count). The minimum absolute atomic E-state index is 0.383. The standard InChI is InChI=1S/C10H13NO2/c1-7-4-8(2)6-9(5-7)10(12)11(3)13/h4-6,13H,1-3H3. The van der Waals surface area contributed by atoms with E-state index in [4.69, 9.17) is 5.21 Å². The Morgan fingerprint density at radius 2 is 1.69 bits per heavy atom. The number of aryl methyl sites for hydroxylation is 2. The molecule has 0 spiro atoms. The van der Waals surface area contributed by atoms with Gasteiger partial charge in [-0.15, -0.1) is 0 Å². The van der Waals surface area contributed by atoms with E-state index in [-0.39, 0.29) is 5.91 Å². The summed E-state index contributed by atoms with van der Waals surface area (Å²) in [6.07, 6.45) is 0. The molecule has 70 valence electrons. The number of carbonyl (C=O) groups is 1. The highest BCUT2D eigenvalue weighted by Gasteiger charge is 2.09. The third-order valence-corrected chi connectivity index (χ3v) is 1.76. The van der Waals surface area contributed by atoms with Gasteiger partial charge in [-0.25, -0.2) is 5.06 Å². The van der Waals surface area contributed by atoms with Crippen molar-refractivity contribution in [3.05, 3.63) is 34.9 Å². The number of nitrogens with zero attached hydrogens (tertiary/aromatic N) is 1. The van der Waals surface area contributed by atoms with Gasteiger partial charge in [-0.2, -0.15) is 0 Å². The van der Waals surface area contributed by atoms with Crippen molar-refractivity contribution in [1.29, 1.82) is 0 Å². The van der Waals surface area contributed by atoms with Crippen LogP contribution in [0.25, 0.3) is 0 Å². The van der Waals surface area contributed by atoms with Gasteiger partial charge in [0.1, 0.15) is 0 Å². The summed E-state index contributed by atoms with van der Waals surface area (Å²) in [5.41, 5.74) is 2.55. The third-order valence-electron chi connectivity index (χ3n) is 1.76. The molecule has 3 nitrogen and oxygen atoms in total. The second kappa shape index (κ2) is 3.58. The lowest BCUT2D eigenvalue weighted by Gasteiger charge is -2.09. The van der Waals surface area contributed by atoms with Crippen molar-refractivity contribution in [1.82, 2.24) is 5.06 Å². The van der Waals surface area contributed by atoms with Gasteiger partial charge in [0.2, 0.25) is 0 Å². The Morgan fingerprint density at radius 3 is 2.08 bits per heavy atom. The molecule has 1 aromatic rings. The van der Waals surface area contributed by atoms with Crippen molar-refractivity contribution < 1.29 is 10.0 Å². The highest BCUT2D eigenvalue weighted by atomic mass is 16.5. The van der Waals surface area contributed by atoms with Crippen LogP contribution in [-0.4, -0.2) is 23.2 Å². The zero-order valence-electron chi connectivity index (χ0n) is 8.03. The average molecular weight is 179 g/mol. The summed E-state index contributed by atoms with van der Waals surface area (Å²) < 4.78 is 0. The fraction of sp³-hybridized carbons (Fsp3) is 0.300. The first kappa shape index (κ1) is 9.74. The van der Waals surface area contributed by atoms with Crippen molar-refractivity contribution in [2.75, 3.05) is 7.05 Å². The van der Waals surface area contributed by atoms with E-state index in [9.17, 15) is 4.79 Å². The van der Waals surface area contributed by atoms with E-state index in [0.29, 0.717) is 10.6 Å². The van der Waals surface area contributed by atoms with Crippen LogP contribution in [0.4, 0.5) is 0 Å². The minimum atomic E-state index is -0.383. The van der Waals surface area contributed by atoms with Crippen LogP contribution in [0, 0.1) is 13.8 Å². The van der Waals surface area contributed by atoms with Crippen molar-refractivity contribution >= 4 is 5.91 Å². The number of hydroxylamine groups is 2. The maximum absolute atomic E-state index is 11.3. The number of amides is 1. The Kier molecular flexibility index (Phi) is 2.68. The summed E-state index contributed by atoms with van der Waals surface area (Å²) in [6, 6.07) is 5.48. The van der Waals surface area contributed by atoms with Gasteiger partial charge >= 0.3 is 0 Å². The first-order valence-electron chi connectivity index (χ1n) is 4.06. The molecule has 0 aliphatic rings. The normalized spacial score (nSPS) is 9.85. The van der Waals surface area contributed by atoms with E-state index in [1.807, 2.05) is 19.9 Å². The molecule has 0 unspecified atom stereocenters. The highest BCUT2D eigenvalue weighted by molar-refractivity contribution is 5.93. The van der Waals surface area contributed by atoms with E-state index < -0.39 is 0 Å². The molecule has 0 heterocycles. The second-order valence-corrected chi connectivity index (χ2v) is 3.21. The number of rotatable bonds is 1. The summed E-state index contributed by atoms with van der Waals surface area (Å²) in [5, 5.41) is 9.53. The molecule has 0 saturated heterocycles. The van der Waals surface area contributed by atoms with Crippen LogP contribution in [0.1, 0.15) is 21.5 Å². The van der Waals surface area contributed by atoms with Gasteiger partial charge in [-0.05, 0) is 26.0 Å². The van der Waals surface area contributed by atoms with Crippen molar-refractivity contribution in [3.8, 4) is 0 Å². The van der Waals surface area contributed by atoms with E-state index in [1.165, 1.54) is 7.05 Å². The average Bonchev–Trinajstić information content (AvgIpc) is 2.01. The van der Waals surface area contributed by atoms with E-state index >= 15 is 0 Å². The molecular weight excluding hydrogens is 166 g/mol. The lowest BCUT2D eigenvalue weighted by Crippen LogP contribution is -2.22. The van der Waals surface area contributed by atoms with Crippen LogP contribution in [0.3, 0.4) is 0 Å². The molecule has 1 aromatic carbocycles. The summed E-state index contributed by atoms with van der Waals surface area (Å²) in [4.78, 5) is 11.3. The van der Waals surface area contributed by atoms with Gasteiger partial charge < -0.3 is 0 Å². The van der Waals surface area contributed by atoms with E-state index in [2.05, 4.69) is 0 Å². The Balaban J connectivity index is 3.08. The summed E-state index contributed by atoms with van der Waals surface area (Å²) in [6.45, 7) is 3.84. The van der Waals surface area contributed by atoms with Crippen LogP contribution in [0.5, 0.6) is 0 Å². The fourth-order valence-electron chi connectivity index (χ4n) is 1.28. The molecule has 0 aliphatic carbocycles. The second-order valence-electron chi connectivity index (χ2n) is 3.21. The monoisotopic (exact) mass is 179 g/mol. The molecule has 0 aliphatic heterocycles. The fourth-order valence-corrected chi connectivity index (χ4v) is 1.28. The van der Waals surface area contributed by atoms with Crippen LogP contribution >= 0.6 is 0 Å². The van der Waals surface area contributed by atoms with Gasteiger partial charge in [-0.3, -0.25) is 10.0 Å². The molecule has 1 N–H and O–H groups in total. The van der Waals surface area contributed by atoms with Gasteiger partial charge in [-0.1, -0.05) is 17.2 Å². The molecule has 0 bridgehead atoms. The maximum Gasteiger partial charge on any atom is 0.276 e. The van der Waals surface area contributed by atoms with E-state index in [0.717, 1.165) is 11.1 Å². The summed E-state index contributed by atoms with van der Waals surface area (Å²) in [5.74, 6) is -0.383. The number of hydrogen-bond donors (Lipinski definition) is 1. The largest absolute Gasteiger partial charge is 0.286 e. The number of hydrogen-bond acceptors (Lipinski definition) is 2. The third kappa shape index (κ3) is 2.29. The van der Waals surface area contributed by atoms with Crippen molar-refractivity contribution in [2.45, 2.75) is 13.8 Å². The molecule has 0 radical (unpaired) electrons. The maximum atomic E-state index is 11.3. The Hall–Kier alpha value is -1.35. The minimum Gasteiger partial charge on any atom is -0.286 e. The zero-order chi connectivity index (χ0) is 10.0. The van der Waals surface area contributed by atoms with Gasteiger partial charge in [0, 0.05) is 12.6 Å². The van der Waals surface area contributed by atoms with Gasteiger partial charge in [0.05, 0.1) is 0 Å². The number of carbonyl (C=O) groups excluding carboxylic acids is 1. The van der Waals surface area contributed by atoms with Gasteiger partial charge in [0.15, 0.2) is 0 Å². The predicted molar refractivity (Wildman–Crippen MR) is 49.8 cm³/mol. The zero-order valence-corrected chi connectivity index (χ0v) is 8.03. The quantitative estimate of drug-likeness (QED) is 0.527. The lowest BCUT2D eigenvalue weighted by atomic mass is 10.1. The lowest BCUT2D eigenvalue weighted by molar-refractivity contribution is -0.0375. The topological polar surface area (TPSA) is 40.5 Å². The molecule has 13 heavy (non-hydrogen) atoms. The Morgan fingerprint density at radius 1 is 1.23 bits per heavy atom. The van der Waals surface area contributed by atoms with Crippen molar-refractivity contribution in [3.63, 3.8) is 0 Å². The molecular formula is C10H13NO2. The molecule has 1 amide bonds. The van der Waals surface area contributed by atoms with Crippen LogP contribution < -0.4 is 0 Å². The molecule has 0 aromatic heterocycles. The van der Waals surface area contributed by atoms with Gasteiger partial charge in [0.25, 0.3) is 5.91 Å². The van der Waals surface area contributed by atoms with E-state index in [1.54, 1.807) is 12.1 Å². The first-order chi connectivity index (χ1) is 6.00. The SMILES string of the molecule is Cc1cc(C)cc(C(=O)N(C)O)c1. The molecule has 3 heteroatoms. The first-order valence-corrected chi connectivity index (χ1v) is 4.06. The summed E-state index contributed by atoms with van der Waals surface area (Å²) in [7, 11) is 1.32. The molecule has 0 atom stereocenters. The Labute approximate surface area is 77.6 Å². The molecule has 0 saturated carbocycles. The predicted octanol–water partition coefficient (Wildman–Crippen LogP) is 1.76. The number of benzene rings is 1. The summed E-state index contributed by atoms with van der Waals surface area (Å²) >= 11 is 0. The molecule has 0 fully saturated rings. The van der Waals surface area contributed by atoms with Crippen molar-refractivity contribution in [2.24, 2.45) is 0 Å². The van der Waals surface area contributed by atoms with Crippen LogP contribution in [-0.2, 0) is 0 Å². The highest BCUT2D eigenvalue weighted by Crippen LogP contribution is 2.09.